The average molecular weight is 425 g/mol. The minimum absolute atomic E-state index is 0.339. The van der Waals surface area contributed by atoms with E-state index < -0.39 is 12.0 Å². The lowest BCUT2D eigenvalue weighted by molar-refractivity contribution is -0.142. The van der Waals surface area contributed by atoms with Crippen molar-refractivity contribution in [2.24, 2.45) is 0 Å². The fraction of sp³-hybridized carbons (Fsp3) is 0.261. The molecule has 7 heteroatoms. The molecule has 0 saturated carbocycles. The molecule has 2 aromatic carbocycles. The molecule has 1 aromatic heterocycles. The predicted octanol–water partition coefficient (Wildman–Crippen LogP) is 3.93. The summed E-state index contributed by atoms with van der Waals surface area (Å²) >= 11 is 1.61. The molecule has 156 valence electrons. The lowest BCUT2D eigenvalue weighted by Gasteiger charge is -2.17. The van der Waals surface area contributed by atoms with Gasteiger partial charge in [0.2, 0.25) is 0 Å². The summed E-state index contributed by atoms with van der Waals surface area (Å²) in [5.41, 5.74) is 2.63. The van der Waals surface area contributed by atoms with E-state index in [2.05, 4.69) is 5.32 Å². The van der Waals surface area contributed by atoms with Crippen LogP contribution in [0.1, 0.15) is 16.8 Å². The topological polar surface area (TPSA) is 77.5 Å². The summed E-state index contributed by atoms with van der Waals surface area (Å²) < 4.78 is 10.2. The third-order valence-electron chi connectivity index (χ3n) is 4.73. The Balaban J connectivity index is 2.03. The van der Waals surface area contributed by atoms with Crippen LogP contribution in [0.3, 0.4) is 0 Å². The van der Waals surface area contributed by atoms with Crippen LogP contribution >= 0.6 is 11.8 Å². The normalized spacial score (nSPS) is 11.7. The number of nitrogens with zero attached hydrogens (tertiary/aromatic N) is 1. The largest absolute Gasteiger partial charge is 0.497 e. The fourth-order valence-electron chi connectivity index (χ4n) is 3.16. The Kier molecular flexibility index (Phi) is 7.30. The first kappa shape index (κ1) is 21.6. The SMILES string of the molecule is COC(=O)[C@@H](CCSC)NC(=O)c1cc(-c2cccc(OC)c2)nc2ccccc12. The number of amides is 1. The van der Waals surface area contributed by atoms with E-state index >= 15 is 0 Å². The molecule has 0 aliphatic heterocycles. The molecule has 1 amide bonds. The van der Waals surface area contributed by atoms with Gasteiger partial charge >= 0.3 is 5.97 Å². The minimum atomic E-state index is -0.706. The van der Waals surface area contributed by atoms with E-state index in [1.165, 1.54) is 7.11 Å². The Morgan fingerprint density at radius 2 is 1.90 bits per heavy atom. The van der Waals surface area contributed by atoms with Crippen molar-refractivity contribution in [3.05, 3.63) is 60.2 Å². The summed E-state index contributed by atoms with van der Waals surface area (Å²) in [6, 6.07) is 16.0. The number of rotatable bonds is 8. The Bertz CT molecular complexity index is 1050. The van der Waals surface area contributed by atoms with Crippen molar-refractivity contribution in [1.82, 2.24) is 10.3 Å². The van der Waals surface area contributed by atoms with Crippen LogP contribution in [0.15, 0.2) is 54.6 Å². The summed E-state index contributed by atoms with van der Waals surface area (Å²) in [5.74, 6) is 0.640. The number of hydrogen-bond donors (Lipinski definition) is 1. The number of fused-ring (bicyclic) bond motifs is 1. The van der Waals surface area contributed by atoms with Crippen molar-refractivity contribution in [3.8, 4) is 17.0 Å². The second-order valence-corrected chi connectivity index (χ2v) is 7.62. The highest BCUT2D eigenvalue weighted by Gasteiger charge is 2.23. The number of carbonyl (C=O) groups is 2. The molecule has 0 saturated heterocycles. The van der Waals surface area contributed by atoms with Crippen LogP contribution in [0, 0.1) is 0 Å². The van der Waals surface area contributed by atoms with Gasteiger partial charge in [-0.2, -0.15) is 11.8 Å². The van der Waals surface area contributed by atoms with Gasteiger partial charge in [0, 0.05) is 10.9 Å². The highest BCUT2D eigenvalue weighted by atomic mass is 32.2. The molecule has 3 aromatic rings. The fourth-order valence-corrected chi connectivity index (χ4v) is 3.63. The van der Waals surface area contributed by atoms with Crippen molar-refractivity contribution >= 4 is 34.5 Å². The second-order valence-electron chi connectivity index (χ2n) is 6.63. The zero-order chi connectivity index (χ0) is 21.5. The highest BCUT2D eigenvalue weighted by molar-refractivity contribution is 7.98. The molecule has 3 rings (SSSR count). The maximum atomic E-state index is 13.2. The quantitative estimate of drug-likeness (QED) is 0.552. The van der Waals surface area contributed by atoms with E-state index in [1.807, 2.05) is 54.8 Å². The van der Waals surface area contributed by atoms with Gasteiger partial charge in [-0.05, 0) is 42.7 Å². The van der Waals surface area contributed by atoms with Gasteiger partial charge in [0.25, 0.3) is 5.91 Å². The number of thioether (sulfide) groups is 1. The van der Waals surface area contributed by atoms with Gasteiger partial charge in [0.05, 0.1) is 31.0 Å². The number of pyridine rings is 1. The summed E-state index contributed by atoms with van der Waals surface area (Å²) in [6.07, 6.45) is 2.44. The molecule has 30 heavy (non-hydrogen) atoms. The van der Waals surface area contributed by atoms with Crippen LogP contribution in [-0.2, 0) is 9.53 Å². The number of methoxy groups -OCH3 is 2. The Morgan fingerprint density at radius 1 is 1.10 bits per heavy atom. The van der Waals surface area contributed by atoms with E-state index in [1.54, 1.807) is 24.9 Å². The van der Waals surface area contributed by atoms with Crippen LogP contribution in [-0.4, -0.2) is 49.1 Å². The lowest BCUT2D eigenvalue weighted by Crippen LogP contribution is -2.42. The number of carbonyl (C=O) groups excluding carboxylic acids is 2. The molecule has 0 radical (unpaired) electrons. The lowest BCUT2D eigenvalue weighted by atomic mass is 10.0. The predicted molar refractivity (Wildman–Crippen MR) is 120 cm³/mol. The molecule has 1 atom stereocenters. The number of para-hydroxylation sites is 1. The van der Waals surface area contributed by atoms with Gasteiger partial charge in [0.15, 0.2) is 0 Å². The first-order valence-electron chi connectivity index (χ1n) is 9.49. The van der Waals surface area contributed by atoms with Crippen LogP contribution in [0.5, 0.6) is 5.75 Å². The van der Waals surface area contributed by atoms with Crippen LogP contribution in [0.4, 0.5) is 0 Å². The van der Waals surface area contributed by atoms with Crippen molar-refractivity contribution in [3.63, 3.8) is 0 Å². The highest BCUT2D eigenvalue weighted by Crippen LogP contribution is 2.27. The molecular weight excluding hydrogens is 400 g/mol. The molecule has 0 unspecified atom stereocenters. The summed E-state index contributed by atoms with van der Waals surface area (Å²) in [6.45, 7) is 0. The number of nitrogens with one attached hydrogen (secondary N) is 1. The van der Waals surface area contributed by atoms with Gasteiger partial charge in [-0.3, -0.25) is 4.79 Å². The van der Waals surface area contributed by atoms with Gasteiger partial charge in [0.1, 0.15) is 11.8 Å². The molecule has 0 aliphatic rings. The summed E-state index contributed by atoms with van der Waals surface area (Å²) in [5, 5.41) is 3.55. The van der Waals surface area contributed by atoms with Crippen molar-refractivity contribution in [1.29, 1.82) is 0 Å². The maximum absolute atomic E-state index is 13.2. The maximum Gasteiger partial charge on any atom is 0.328 e. The smallest absolute Gasteiger partial charge is 0.328 e. The second kappa shape index (κ2) is 10.1. The standard InChI is InChI=1S/C23H24N2O4S/c1-28-16-8-6-7-15(13-16)21-14-18(17-9-4-5-10-19(17)24-21)22(26)25-20(11-12-30-3)23(27)29-2/h4-10,13-14,20H,11-12H2,1-3H3,(H,25,26)/t20-/m1/s1. The first-order chi connectivity index (χ1) is 14.6. The number of ether oxygens (including phenoxy) is 2. The van der Waals surface area contributed by atoms with Crippen LogP contribution < -0.4 is 10.1 Å². The van der Waals surface area contributed by atoms with E-state index in [-0.39, 0.29) is 5.91 Å². The van der Waals surface area contributed by atoms with Gasteiger partial charge in [-0.15, -0.1) is 0 Å². The van der Waals surface area contributed by atoms with Crippen molar-refractivity contribution < 1.29 is 19.1 Å². The molecule has 0 fully saturated rings. The van der Waals surface area contributed by atoms with Crippen LogP contribution in [0.25, 0.3) is 22.2 Å². The molecular formula is C23H24N2O4S. The monoisotopic (exact) mass is 424 g/mol. The van der Waals surface area contributed by atoms with E-state index in [9.17, 15) is 9.59 Å². The van der Waals surface area contributed by atoms with Gasteiger partial charge in [-0.1, -0.05) is 30.3 Å². The molecule has 0 bridgehead atoms. The third kappa shape index (κ3) is 4.91. The summed E-state index contributed by atoms with van der Waals surface area (Å²) in [4.78, 5) is 30.0. The van der Waals surface area contributed by atoms with Crippen LogP contribution in [0.2, 0.25) is 0 Å². The number of aromatic nitrogens is 1. The van der Waals surface area contributed by atoms with Crippen molar-refractivity contribution in [2.75, 3.05) is 26.2 Å². The van der Waals surface area contributed by atoms with Crippen molar-refractivity contribution in [2.45, 2.75) is 12.5 Å². The van der Waals surface area contributed by atoms with E-state index in [0.717, 1.165) is 16.7 Å². The first-order valence-corrected chi connectivity index (χ1v) is 10.9. The Morgan fingerprint density at radius 3 is 2.63 bits per heavy atom. The molecule has 6 nitrogen and oxygen atoms in total. The molecule has 1 heterocycles. The Labute approximate surface area is 180 Å². The third-order valence-corrected chi connectivity index (χ3v) is 5.37. The number of hydrogen-bond acceptors (Lipinski definition) is 6. The minimum Gasteiger partial charge on any atom is -0.497 e. The Hall–Kier alpha value is -3.06. The molecule has 0 spiro atoms. The number of esters is 1. The molecule has 1 N–H and O–H groups in total. The zero-order valence-corrected chi connectivity index (χ0v) is 18.0. The van der Waals surface area contributed by atoms with E-state index in [0.29, 0.717) is 28.9 Å². The molecule has 0 aliphatic carbocycles. The zero-order valence-electron chi connectivity index (χ0n) is 17.2. The number of benzene rings is 2. The average Bonchev–Trinajstić information content (AvgIpc) is 2.80. The van der Waals surface area contributed by atoms with Gasteiger partial charge in [-0.25, -0.2) is 9.78 Å². The summed E-state index contributed by atoms with van der Waals surface area (Å²) in [7, 11) is 2.93. The van der Waals surface area contributed by atoms with Gasteiger partial charge < -0.3 is 14.8 Å². The van der Waals surface area contributed by atoms with E-state index in [4.69, 9.17) is 14.5 Å².